The lowest BCUT2D eigenvalue weighted by molar-refractivity contribution is 0.412. The molecule has 0 unspecified atom stereocenters. The lowest BCUT2D eigenvalue weighted by Gasteiger charge is -2.11. The first-order chi connectivity index (χ1) is 11.2. The van der Waals surface area contributed by atoms with Crippen LogP contribution in [0, 0.1) is 6.92 Å². The molecule has 4 heteroatoms. The number of rotatable bonds is 5. The highest BCUT2D eigenvalue weighted by molar-refractivity contribution is 5.64. The second kappa shape index (κ2) is 6.67. The molecule has 23 heavy (non-hydrogen) atoms. The normalized spacial score (nSPS) is 10.7. The summed E-state index contributed by atoms with van der Waals surface area (Å²) in [5, 5.41) is 4.73. The van der Waals surface area contributed by atoms with Gasteiger partial charge in [0.2, 0.25) is 0 Å². The van der Waals surface area contributed by atoms with Crippen molar-refractivity contribution in [1.29, 1.82) is 0 Å². The molecule has 0 fully saturated rings. The molecule has 0 spiro atoms. The summed E-state index contributed by atoms with van der Waals surface area (Å²) in [6.45, 7) is 2.66. The van der Waals surface area contributed by atoms with Gasteiger partial charge in [-0.1, -0.05) is 42.0 Å². The third kappa shape index (κ3) is 3.12. The number of aryl methyl sites for hydroxylation is 1. The molecule has 3 rings (SSSR count). The van der Waals surface area contributed by atoms with Crippen LogP contribution in [0.3, 0.4) is 0 Å². The molecule has 118 valence electrons. The number of methoxy groups -OCH3 is 1. The van der Waals surface area contributed by atoms with E-state index in [9.17, 15) is 0 Å². The molecule has 1 aromatic heterocycles. The fraction of sp³-hybridized carbons (Fsp3) is 0.211. The van der Waals surface area contributed by atoms with Crippen LogP contribution in [0.25, 0.3) is 16.9 Å². The summed E-state index contributed by atoms with van der Waals surface area (Å²) in [5.74, 6) is 0.795. The quantitative estimate of drug-likeness (QED) is 0.786. The maximum atomic E-state index is 5.70. The van der Waals surface area contributed by atoms with E-state index in [1.165, 1.54) is 5.56 Å². The summed E-state index contributed by atoms with van der Waals surface area (Å²) >= 11 is 0. The van der Waals surface area contributed by atoms with E-state index in [-0.39, 0.29) is 0 Å². The van der Waals surface area contributed by atoms with Crippen molar-refractivity contribution in [3.8, 4) is 22.7 Å². The predicted octanol–water partition coefficient (Wildman–Crippen LogP) is 3.36. The third-order valence-electron chi connectivity index (χ3n) is 3.82. The van der Waals surface area contributed by atoms with Gasteiger partial charge in [-0.25, -0.2) is 4.68 Å². The van der Waals surface area contributed by atoms with E-state index in [4.69, 9.17) is 15.6 Å². The average Bonchev–Trinajstić information content (AvgIpc) is 2.99. The maximum Gasteiger partial charge on any atom is 0.144 e. The van der Waals surface area contributed by atoms with Crippen LogP contribution in [-0.4, -0.2) is 23.4 Å². The van der Waals surface area contributed by atoms with E-state index in [1.54, 1.807) is 7.11 Å². The Labute approximate surface area is 136 Å². The monoisotopic (exact) mass is 307 g/mol. The molecule has 2 aromatic carbocycles. The Hall–Kier alpha value is -2.59. The van der Waals surface area contributed by atoms with Crippen LogP contribution >= 0.6 is 0 Å². The lowest BCUT2D eigenvalue weighted by atomic mass is 10.1. The van der Waals surface area contributed by atoms with E-state index in [0.717, 1.165) is 34.8 Å². The van der Waals surface area contributed by atoms with Crippen molar-refractivity contribution in [2.75, 3.05) is 13.7 Å². The standard InChI is InChI=1S/C19H21N3O/c1-14-7-9-15(10-8-14)18-13-16(11-12-20)21-22(18)17-5-3-4-6-19(17)23-2/h3-10,13H,11-12,20H2,1-2H3. The second-order valence-electron chi connectivity index (χ2n) is 5.51. The first kappa shape index (κ1) is 15.3. The zero-order valence-electron chi connectivity index (χ0n) is 13.5. The van der Waals surface area contributed by atoms with Gasteiger partial charge >= 0.3 is 0 Å². The highest BCUT2D eigenvalue weighted by atomic mass is 16.5. The largest absolute Gasteiger partial charge is 0.494 e. The highest BCUT2D eigenvalue weighted by Gasteiger charge is 2.14. The minimum Gasteiger partial charge on any atom is -0.494 e. The number of hydrogen-bond donors (Lipinski definition) is 1. The summed E-state index contributed by atoms with van der Waals surface area (Å²) in [6.07, 6.45) is 0.751. The van der Waals surface area contributed by atoms with E-state index in [0.29, 0.717) is 6.54 Å². The number of hydrogen-bond acceptors (Lipinski definition) is 3. The second-order valence-corrected chi connectivity index (χ2v) is 5.51. The van der Waals surface area contributed by atoms with Crippen LogP contribution in [0.5, 0.6) is 5.75 Å². The third-order valence-corrected chi connectivity index (χ3v) is 3.82. The number of benzene rings is 2. The summed E-state index contributed by atoms with van der Waals surface area (Å²) in [4.78, 5) is 0. The molecule has 0 aliphatic heterocycles. The molecular weight excluding hydrogens is 286 g/mol. The summed E-state index contributed by atoms with van der Waals surface area (Å²) in [7, 11) is 1.68. The Balaban J connectivity index is 2.16. The summed E-state index contributed by atoms with van der Waals surface area (Å²) in [5.41, 5.74) is 11.0. The van der Waals surface area contributed by atoms with Gasteiger partial charge in [0.1, 0.15) is 11.4 Å². The minimum absolute atomic E-state index is 0.580. The average molecular weight is 307 g/mol. The molecule has 0 aliphatic rings. The van der Waals surface area contributed by atoms with Crippen LogP contribution in [0.4, 0.5) is 0 Å². The van der Waals surface area contributed by atoms with Gasteiger partial charge in [0.05, 0.1) is 18.5 Å². The van der Waals surface area contributed by atoms with E-state index >= 15 is 0 Å². The SMILES string of the molecule is COc1ccccc1-n1nc(CCN)cc1-c1ccc(C)cc1. The van der Waals surface area contributed by atoms with Crippen molar-refractivity contribution in [1.82, 2.24) is 9.78 Å². The molecule has 3 aromatic rings. The van der Waals surface area contributed by atoms with Crippen LogP contribution in [0.15, 0.2) is 54.6 Å². The number of nitrogens with zero attached hydrogens (tertiary/aromatic N) is 2. The Bertz CT molecular complexity index is 791. The van der Waals surface area contributed by atoms with E-state index in [2.05, 4.69) is 37.3 Å². The molecular formula is C19H21N3O. The molecule has 0 amide bonds. The molecule has 0 saturated heterocycles. The number of aromatic nitrogens is 2. The smallest absolute Gasteiger partial charge is 0.144 e. The Kier molecular flexibility index (Phi) is 4.44. The Morgan fingerprint density at radius 3 is 2.52 bits per heavy atom. The molecule has 0 saturated carbocycles. The minimum atomic E-state index is 0.580. The van der Waals surface area contributed by atoms with Gasteiger partial charge in [0, 0.05) is 12.0 Å². The molecule has 0 aliphatic carbocycles. The first-order valence-corrected chi connectivity index (χ1v) is 7.72. The molecule has 1 heterocycles. The molecule has 0 bridgehead atoms. The summed E-state index contributed by atoms with van der Waals surface area (Å²) < 4.78 is 7.43. The van der Waals surface area contributed by atoms with Crippen molar-refractivity contribution in [2.45, 2.75) is 13.3 Å². The van der Waals surface area contributed by atoms with Gasteiger partial charge in [-0.3, -0.25) is 0 Å². The number of para-hydroxylation sites is 2. The van der Waals surface area contributed by atoms with Gasteiger partial charge in [0.25, 0.3) is 0 Å². The van der Waals surface area contributed by atoms with Crippen LogP contribution in [-0.2, 0) is 6.42 Å². The Morgan fingerprint density at radius 2 is 1.83 bits per heavy atom. The van der Waals surface area contributed by atoms with Crippen molar-refractivity contribution < 1.29 is 4.74 Å². The lowest BCUT2D eigenvalue weighted by Crippen LogP contribution is -2.05. The number of ether oxygens (including phenoxy) is 1. The maximum absolute atomic E-state index is 5.70. The van der Waals surface area contributed by atoms with E-state index < -0.39 is 0 Å². The summed E-state index contributed by atoms with van der Waals surface area (Å²) in [6, 6.07) is 18.4. The highest BCUT2D eigenvalue weighted by Crippen LogP contribution is 2.29. The van der Waals surface area contributed by atoms with Gasteiger partial charge in [-0.05, 0) is 31.7 Å². The van der Waals surface area contributed by atoms with Crippen LogP contribution < -0.4 is 10.5 Å². The van der Waals surface area contributed by atoms with Crippen LogP contribution in [0.2, 0.25) is 0 Å². The molecule has 0 radical (unpaired) electrons. The zero-order valence-corrected chi connectivity index (χ0v) is 13.5. The Morgan fingerprint density at radius 1 is 1.09 bits per heavy atom. The van der Waals surface area contributed by atoms with Gasteiger partial charge in [-0.15, -0.1) is 0 Å². The fourth-order valence-corrected chi connectivity index (χ4v) is 2.62. The van der Waals surface area contributed by atoms with Gasteiger partial charge < -0.3 is 10.5 Å². The topological polar surface area (TPSA) is 53.1 Å². The number of nitrogens with two attached hydrogens (primary N) is 1. The molecule has 4 nitrogen and oxygen atoms in total. The van der Waals surface area contributed by atoms with Crippen molar-refractivity contribution in [2.24, 2.45) is 5.73 Å². The zero-order chi connectivity index (χ0) is 16.2. The van der Waals surface area contributed by atoms with Crippen LogP contribution in [0.1, 0.15) is 11.3 Å². The van der Waals surface area contributed by atoms with Crippen molar-refractivity contribution in [3.05, 3.63) is 65.9 Å². The first-order valence-electron chi connectivity index (χ1n) is 7.72. The van der Waals surface area contributed by atoms with E-state index in [1.807, 2.05) is 28.9 Å². The molecule has 2 N–H and O–H groups in total. The molecule has 0 atom stereocenters. The van der Waals surface area contributed by atoms with Crippen molar-refractivity contribution >= 4 is 0 Å². The fourth-order valence-electron chi connectivity index (χ4n) is 2.62. The van der Waals surface area contributed by atoms with Crippen molar-refractivity contribution in [3.63, 3.8) is 0 Å². The van der Waals surface area contributed by atoms with Gasteiger partial charge in [-0.2, -0.15) is 5.10 Å². The van der Waals surface area contributed by atoms with Gasteiger partial charge in [0.15, 0.2) is 0 Å². The predicted molar refractivity (Wildman–Crippen MR) is 93.0 cm³/mol.